The van der Waals surface area contributed by atoms with Gasteiger partial charge in [-0.1, -0.05) is 30.3 Å². The van der Waals surface area contributed by atoms with Crippen LogP contribution in [0.2, 0.25) is 0 Å². The van der Waals surface area contributed by atoms with Crippen LogP contribution >= 0.6 is 11.3 Å². The summed E-state index contributed by atoms with van der Waals surface area (Å²) in [5.74, 6) is -0.0616. The van der Waals surface area contributed by atoms with Gasteiger partial charge in [0.1, 0.15) is 0 Å². The number of amides is 1. The summed E-state index contributed by atoms with van der Waals surface area (Å²) in [6.07, 6.45) is 3.38. The lowest BCUT2D eigenvalue weighted by Crippen LogP contribution is -2.29. The highest BCUT2D eigenvalue weighted by atomic mass is 32.1. The second kappa shape index (κ2) is 6.11. The molecular weight excluding hydrogens is 296 g/mol. The maximum Gasteiger partial charge on any atom is 0.257 e. The molecule has 1 aromatic carbocycles. The molecule has 1 atom stereocenters. The number of rotatable bonds is 4. The zero-order valence-electron chi connectivity index (χ0n) is 12.4. The zero-order valence-corrected chi connectivity index (χ0v) is 13.2. The van der Waals surface area contributed by atoms with Crippen molar-refractivity contribution in [2.45, 2.75) is 13.0 Å². The van der Waals surface area contributed by atoms with Gasteiger partial charge in [-0.2, -0.15) is 5.10 Å². The van der Waals surface area contributed by atoms with Crippen molar-refractivity contribution in [2.24, 2.45) is 0 Å². The normalized spacial score (nSPS) is 12.1. The lowest BCUT2D eigenvalue weighted by atomic mass is 10.1. The van der Waals surface area contributed by atoms with Crippen molar-refractivity contribution < 1.29 is 4.79 Å². The number of carbonyl (C=O) groups is 1. The summed E-state index contributed by atoms with van der Waals surface area (Å²) in [5.41, 5.74) is 4.04. The molecule has 5 nitrogen and oxygen atoms in total. The number of thiazole rings is 1. The summed E-state index contributed by atoms with van der Waals surface area (Å²) < 4.78 is 0. The van der Waals surface area contributed by atoms with Crippen LogP contribution in [0.25, 0.3) is 11.3 Å². The minimum atomic E-state index is -0.0616. The third-order valence-corrected chi connectivity index (χ3v) is 4.64. The highest BCUT2D eigenvalue weighted by molar-refractivity contribution is 7.09. The quantitative estimate of drug-likeness (QED) is 0.803. The largest absolute Gasteiger partial charge is 0.334 e. The molecule has 0 aliphatic rings. The molecule has 0 spiro atoms. The molecule has 1 amide bonds. The smallest absolute Gasteiger partial charge is 0.257 e. The third kappa shape index (κ3) is 2.65. The van der Waals surface area contributed by atoms with Crippen molar-refractivity contribution in [3.8, 4) is 11.3 Å². The van der Waals surface area contributed by atoms with Crippen LogP contribution in [0, 0.1) is 0 Å². The molecule has 0 saturated heterocycles. The average Bonchev–Trinajstić information content (AvgIpc) is 3.24. The first-order chi connectivity index (χ1) is 10.7. The SMILES string of the molecule is CC(c1cncs1)N(C)C(=O)c1cn[nH]c1-c1ccccc1. The first kappa shape index (κ1) is 14.5. The summed E-state index contributed by atoms with van der Waals surface area (Å²) in [4.78, 5) is 19.6. The van der Waals surface area contributed by atoms with Crippen molar-refractivity contribution >= 4 is 17.2 Å². The molecule has 2 aromatic heterocycles. The Morgan fingerprint density at radius 3 is 2.73 bits per heavy atom. The third-order valence-electron chi connectivity index (χ3n) is 3.70. The summed E-state index contributed by atoms with van der Waals surface area (Å²) in [6, 6.07) is 9.70. The lowest BCUT2D eigenvalue weighted by molar-refractivity contribution is 0.0745. The maximum absolute atomic E-state index is 12.8. The number of benzene rings is 1. The van der Waals surface area contributed by atoms with Gasteiger partial charge in [0, 0.05) is 23.7 Å². The summed E-state index contributed by atoms with van der Waals surface area (Å²) in [6.45, 7) is 1.99. The van der Waals surface area contributed by atoms with Crippen LogP contribution in [-0.2, 0) is 0 Å². The van der Waals surface area contributed by atoms with Gasteiger partial charge >= 0.3 is 0 Å². The molecule has 1 unspecified atom stereocenters. The van der Waals surface area contributed by atoms with Crippen LogP contribution in [0.4, 0.5) is 0 Å². The maximum atomic E-state index is 12.8. The highest BCUT2D eigenvalue weighted by Crippen LogP contribution is 2.27. The minimum Gasteiger partial charge on any atom is -0.334 e. The molecule has 0 radical (unpaired) electrons. The Hall–Kier alpha value is -2.47. The van der Waals surface area contributed by atoms with E-state index >= 15 is 0 Å². The van der Waals surface area contributed by atoms with E-state index in [-0.39, 0.29) is 11.9 Å². The number of nitrogens with zero attached hydrogens (tertiary/aromatic N) is 3. The molecule has 3 aromatic rings. The van der Waals surface area contributed by atoms with Gasteiger partial charge in [-0.3, -0.25) is 14.9 Å². The zero-order chi connectivity index (χ0) is 15.5. The molecule has 0 aliphatic carbocycles. The summed E-state index contributed by atoms with van der Waals surface area (Å²) in [7, 11) is 1.80. The van der Waals surface area contributed by atoms with Crippen LogP contribution in [0.3, 0.4) is 0 Å². The molecule has 1 N–H and O–H groups in total. The molecule has 3 rings (SSSR count). The molecule has 2 heterocycles. The molecule has 0 fully saturated rings. The van der Waals surface area contributed by atoms with E-state index in [1.807, 2.05) is 37.3 Å². The monoisotopic (exact) mass is 312 g/mol. The van der Waals surface area contributed by atoms with Crippen molar-refractivity contribution in [2.75, 3.05) is 7.05 Å². The van der Waals surface area contributed by atoms with E-state index in [0.717, 1.165) is 16.1 Å². The van der Waals surface area contributed by atoms with E-state index in [0.29, 0.717) is 5.56 Å². The van der Waals surface area contributed by atoms with Gasteiger partial charge in [-0.15, -0.1) is 11.3 Å². The molecule has 0 aliphatic heterocycles. The number of nitrogens with one attached hydrogen (secondary N) is 1. The fourth-order valence-electron chi connectivity index (χ4n) is 2.26. The van der Waals surface area contributed by atoms with Gasteiger partial charge in [0.2, 0.25) is 0 Å². The van der Waals surface area contributed by atoms with E-state index in [1.54, 1.807) is 41.2 Å². The Kier molecular flexibility index (Phi) is 4.02. The van der Waals surface area contributed by atoms with Crippen LogP contribution in [-0.4, -0.2) is 33.0 Å². The van der Waals surface area contributed by atoms with Crippen LogP contribution < -0.4 is 0 Å². The first-order valence-corrected chi connectivity index (χ1v) is 7.80. The number of aromatic amines is 1. The second-order valence-corrected chi connectivity index (χ2v) is 5.94. The van der Waals surface area contributed by atoms with Crippen molar-refractivity contribution in [1.29, 1.82) is 0 Å². The minimum absolute atomic E-state index is 0.0291. The summed E-state index contributed by atoms with van der Waals surface area (Å²) >= 11 is 1.55. The average molecular weight is 312 g/mol. The molecule has 22 heavy (non-hydrogen) atoms. The standard InChI is InChI=1S/C16H16N4OS/c1-11(14-9-17-10-22-14)20(2)16(21)13-8-18-19-15(13)12-6-4-3-5-7-12/h3-11H,1-2H3,(H,18,19). The van der Waals surface area contributed by atoms with E-state index in [1.165, 1.54) is 0 Å². The molecule has 6 heteroatoms. The molecule has 0 saturated carbocycles. The topological polar surface area (TPSA) is 61.9 Å². The first-order valence-electron chi connectivity index (χ1n) is 6.93. The molecular formula is C16H16N4OS. The van der Waals surface area contributed by atoms with Gasteiger partial charge in [-0.05, 0) is 6.92 Å². The van der Waals surface area contributed by atoms with Crippen LogP contribution in [0.1, 0.15) is 28.2 Å². The van der Waals surface area contributed by atoms with Gasteiger partial charge in [0.05, 0.1) is 29.0 Å². The van der Waals surface area contributed by atoms with Crippen molar-refractivity contribution in [3.63, 3.8) is 0 Å². The Morgan fingerprint density at radius 1 is 1.27 bits per heavy atom. The van der Waals surface area contributed by atoms with Gasteiger partial charge in [-0.25, -0.2) is 0 Å². The number of carbonyl (C=O) groups excluding carboxylic acids is 1. The van der Waals surface area contributed by atoms with Gasteiger partial charge in [0.15, 0.2) is 0 Å². The summed E-state index contributed by atoms with van der Waals surface area (Å²) in [5, 5.41) is 6.97. The van der Waals surface area contributed by atoms with E-state index in [2.05, 4.69) is 15.2 Å². The molecule has 0 bridgehead atoms. The lowest BCUT2D eigenvalue weighted by Gasteiger charge is -2.23. The fraction of sp³-hybridized carbons (Fsp3) is 0.188. The fourth-order valence-corrected chi connectivity index (χ4v) is 2.98. The second-order valence-electron chi connectivity index (χ2n) is 5.02. The van der Waals surface area contributed by atoms with Crippen LogP contribution in [0.15, 0.2) is 48.2 Å². The van der Waals surface area contributed by atoms with E-state index < -0.39 is 0 Å². The highest BCUT2D eigenvalue weighted by Gasteiger charge is 2.23. The number of hydrogen-bond acceptors (Lipinski definition) is 4. The predicted octanol–water partition coefficient (Wildman–Crippen LogP) is 3.37. The Bertz CT molecular complexity index is 752. The predicted molar refractivity (Wildman–Crippen MR) is 86.6 cm³/mol. The Balaban J connectivity index is 1.89. The number of aromatic nitrogens is 3. The van der Waals surface area contributed by atoms with E-state index in [9.17, 15) is 4.79 Å². The van der Waals surface area contributed by atoms with E-state index in [4.69, 9.17) is 0 Å². The Labute approximate surface area is 132 Å². The van der Waals surface area contributed by atoms with Gasteiger partial charge in [0.25, 0.3) is 5.91 Å². The molecule has 112 valence electrons. The van der Waals surface area contributed by atoms with Crippen LogP contribution in [0.5, 0.6) is 0 Å². The van der Waals surface area contributed by atoms with Crippen molar-refractivity contribution in [1.82, 2.24) is 20.1 Å². The van der Waals surface area contributed by atoms with Gasteiger partial charge < -0.3 is 4.90 Å². The number of H-pyrrole nitrogens is 1. The number of hydrogen-bond donors (Lipinski definition) is 1. The Morgan fingerprint density at radius 2 is 2.05 bits per heavy atom. The van der Waals surface area contributed by atoms with Crippen molar-refractivity contribution in [3.05, 3.63) is 58.7 Å².